The fourth-order valence-electron chi connectivity index (χ4n) is 2.96. The number of ketones is 1. The first kappa shape index (κ1) is 7.09. The molecule has 0 aromatic heterocycles. The molecule has 1 unspecified atom stereocenters. The Hall–Kier alpha value is -0.260. The predicted octanol–water partition coefficient (Wildman–Crippen LogP) is -1.15. The van der Waals surface area contributed by atoms with Crippen molar-refractivity contribution in [2.24, 2.45) is 5.92 Å². The zero-order valence-corrected chi connectivity index (χ0v) is 7.53. The minimum atomic E-state index is -1.01. The highest BCUT2D eigenvalue weighted by Crippen LogP contribution is 2.54. The van der Waals surface area contributed by atoms with Crippen LogP contribution in [0.2, 0.25) is 0 Å². The monoisotopic (exact) mass is 200 g/mol. The quantitative estimate of drug-likeness (QED) is 0.463. The molecule has 70 valence electrons. The first-order chi connectivity index (χ1) is 6.27. The van der Waals surface area contributed by atoms with E-state index in [9.17, 15) is 9.00 Å². The van der Waals surface area contributed by atoms with E-state index in [4.69, 9.17) is 9.47 Å². The van der Waals surface area contributed by atoms with Crippen molar-refractivity contribution < 1.29 is 18.5 Å². The fourth-order valence-corrected chi connectivity index (χ4v) is 4.78. The second-order valence-corrected chi connectivity index (χ2v) is 5.71. The van der Waals surface area contributed by atoms with Gasteiger partial charge in [-0.2, -0.15) is 0 Å². The van der Waals surface area contributed by atoms with Gasteiger partial charge in [-0.25, -0.2) is 0 Å². The molecule has 4 fully saturated rings. The van der Waals surface area contributed by atoms with Gasteiger partial charge in [0.05, 0.1) is 23.0 Å². The molecule has 4 nitrogen and oxygen atoms in total. The van der Waals surface area contributed by atoms with E-state index in [0.29, 0.717) is 0 Å². The molecule has 0 aromatic carbocycles. The molecule has 0 saturated carbocycles. The summed E-state index contributed by atoms with van der Waals surface area (Å²) in [6.45, 7) is 0. The summed E-state index contributed by atoms with van der Waals surface area (Å²) in [4.78, 5) is 11.5. The van der Waals surface area contributed by atoms with Crippen LogP contribution in [-0.2, 0) is 25.1 Å². The third-order valence-corrected chi connectivity index (χ3v) is 5.25. The van der Waals surface area contributed by atoms with Crippen LogP contribution in [0.15, 0.2) is 0 Å². The fraction of sp³-hybridized carbons (Fsp3) is 0.875. The third-order valence-electron chi connectivity index (χ3n) is 3.51. The van der Waals surface area contributed by atoms with Gasteiger partial charge in [-0.3, -0.25) is 9.00 Å². The van der Waals surface area contributed by atoms with E-state index in [1.807, 2.05) is 0 Å². The van der Waals surface area contributed by atoms with Crippen molar-refractivity contribution in [3.05, 3.63) is 0 Å². The normalized spacial score (nSPS) is 66.8. The van der Waals surface area contributed by atoms with Gasteiger partial charge in [0, 0.05) is 10.8 Å². The standard InChI is InChI=1S/C8H8O4S/c9-2-1-13(10)8-3(2)4-5-6(12-5)7(8)11-4/h3-8H,1H2/t3-,4+,5+,6-,7+,8-,13?/m0/s1. The molecule has 4 heterocycles. The second-order valence-electron chi connectivity index (χ2n) is 4.11. The molecule has 5 heteroatoms. The summed E-state index contributed by atoms with van der Waals surface area (Å²) < 4.78 is 22.5. The number of Topliss-reactive ketones (excluding diaryl/α,β-unsaturated/α-hetero) is 1. The average molecular weight is 200 g/mol. The Labute approximate surface area is 77.0 Å². The van der Waals surface area contributed by atoms with E-state index in [2.05, 4.69) is 0 Å². The molecule has 0 N–H and O–H groups in total. The molecule has 13 heavy (non-hydrogen) atoms. The molecule has 0 aliphatic carbocycles. The molecule has 4 aliphatic rings. The van der Waals surface area contributed by atoms with Gasteiger partial charge in [0.25, 0.3) is 0 Å². The van der Waals surface area contributed by atoms with Crippen molar-refractivity contribution >= 4 is 16.6 Å². The van der Waals surface area contributed by atoms with E-state index in [-0.39, 0.29) is 47.1 Å². The van der Waals surface area contributed by atoms with Crippen LogP contribution in [0.5, 0.6) is 0 Å². The van der Waals surface area contributed by atoms with Gasteiger partial charge < -0.3 is 9.47 Å². The van der Waals surface area contributed by atoms with E-state index in [0.717, 1.165) is 0 Å². The minimum absolute atomic E-state index is 0.0488. The molecule has 0 radical (unpaired) electrons. The summed E-state index contributed by atoms with van der Waals surface area (Å²) >= 11 is 0. The maximum absolute atomic E-state index is 11.6. The highest BCUT2D eigenvalue weighted by atomic mass is 32.2. The van der Waals surface area contributed by atoms with Crippen molar-refractivity contribution in [3.63, 3.8) is 0 Å². The number of ether oxygens (including phenoxy) is 2. The van der Waals surface area contributed by atoms with E-state index in [1.54, 1.807) is 0 Å². The summed E-state index contributed by atoms with van der Waals surface area (Å²) in [7, 11) is -1.01. The van der Waals surface area contributed by atoms with Crippen LogP contribution in [0.1, 0.15) is 0 Å². The summed E-state index contributed by atoms with van der Waals surface area (Å²) in [6.07, 6.45) is 0.178. The van der Waals surface area contributed by atoms with Gasteiger partial charge in [-0.05, 0) is 0 Å². The van der Waals surface area contributed by atoms with Gasteiger partial charge in [-0.1, -0.05) is 0 Å². The first-order valence-electron chi connectivity index (χ1n) is 4.48. The Balaban J connectivity index is 1.84. The lowest BCUT2D eigenvalue weighted by Crippen LogP contribution is -2.37. The predicted molar refractivity (Wildman–Crippen MR) is 42.6 cm³/mol. The summed E-state index contributed by atoms with van der Waals surface area (Å²) in [5.74, 6) is 0.241. The first-order valence-corrected chi connectivity index (χ1v) is 5.86. The number of carbonyl (C=O) groups is 1. The molecule has 0 amide bonds. The molecule has 4 rings (SSSR count). The van der Waals surface area contributed by atoms with Crippen LogP contribution in [0, 0.1) is 5.92 Å². The van der Waals surface area contributed by atoms with Gasteiger partial charge in [0.1, 0.15) is 18.3 Å². The summed E-state index contributed by atoms with van der Waals surface area (Å²) in [5, 5.41) is -0.0544. The highest BCUT2D eigenvalue weighted by molar-refractivity contribution is 7.87. The summed E-state index contributed by atoms with van der Waals surface area (Å²) in [6, 6.07) is 0. The Morgan fingerprint density at radius 3 is 2.69 bits per heavy atom. The molecule has 0 spiro atoms. The van der Waals surface area contributed by atoms with E-state index < -0.39 is 10.8 Å². The van der Waals surface area contributed by atoms with Gasteiger partial charge in [0.2, 0.25) is 0 Å². The SMILES string of the molecule is O=C1CS(=O)[C@@H]2[C@@H]3O[C@@H]([C@H]4O[C@@H]43)[C@H]12. The zero-order valence-electron chi connectivity index (χ0n) is 6.71. The van der Waals surface area contributed by atoms with Crippen molar-refractivity contribution in [2.75, 3.05) is 5.75 Å². The lowest BCUT2D eigenvalue weighted by Gasteiger charge is -2.14. The molecule has 4 aliphatic heterocycles. The van der Waals surface area contributed by atoms with Crippen LogP contribution in [0.25, 0.3) is 0 Å². The van der Waals surface area contributed by atoms with Crippen LogP contribution in [0.3, 0.4) is 0 Å². The summed E-state index contributed by atoms with van der Waals surface area (Å²) in [5.41, 5.74) is 0. The maximum Gasteiger partial charge on any atom is 0.152 e. The van der Waals surface area contributed by atoms with Crippen molar-refractivity contribution in [3.8, 4) is 0 Å². The molecule has 4 saturated heterocycles. The molecule has 0 aromatic rings. The number of hydrogen-bond acceptors (Lipinski definition) is 4. The molecular formula is C8H8O4S. The Bertz CT molecular complexity index is 311. The molecular weight excluding hydrogens is 192 g/mol. The smallest absolute Gasteiger partial charge is 0.152 e. The van der Waals surface area contributed by atoms with Crippen LogP contribution in [0.4, 0.5) is 0 Å². The van der Waals surface area contributed by atoms with Crippen molar-refractivity contribution in [1.82, 2.24) is 0 Å². The van der Waals surface area contributed by atoms with Crippen LogP contribution < -0.4 is 0 Å². The Kier molecular flexibility index (Phi) is 1.03. The third kappa shape index (κ3) is 0.639. The van der Waals surface area contributed by atoms with Gasteiger partial charge >= 0.3 is 0 Å². The van der Waals surface area contributed by atoms with Crippen molar-refractivity contribution in [2.45, 2.75) is 29.7 Å². The Morgan fingerprint density at radius 1 is 1.15 bits per heavy atom. The number of carbonyl (C=O) groups excluding carboxylic acids is 1. The van der Waals surface area contributed by atoms with E-state index >= 15 is 0 Å². The maximum atomic E-state index is 11.6. The topological polar surface area (TPSA) is 55.9 Å². The van der Waals surface area contributed by atoms with Crippen LogP contribution >= 0.6 is 0 Å². The van der Waals surface area contributed by atoms with Gasteiger partial charge in [0.15, 0.2) is 5.78 Å². The number of epoxide rings is 1. The van der Waals surface area contributed by atoms with Crippen molar-refractivity contribution in [1.29, 1.82) is 0 Å². The Morgan fingerprint density at radius 2 is 1.85 bits per heavy atom. The van der Waals surface area contributed by atoms with Crippen LogP contribution in [-0.4, -0.2) is 45.4 Å². The largest absolute Gasteiger partial charge is 0.367 e. The highest BCUT2D eigenvalue weighted by Gasteiger charge is 2.73. The molecule has 7 atom stereocenters. The number of hydrogen-bond donors (Lipinski definition) is 0. The van der Waals surface area contributed by atoms with E-state index in [1.165, 1.54) is 0 Å². The second kappa shape index (κ2) is 1.89. The lowest BCUT2D eigenvalue weighted by atomic mass is 9.86. The van der Waals surface area contributed by atoms with Gasteiger partial charge in [-0.15, -0.1) is 0 Å². The minimum Gasteiger partial charge on any atom is -0.367 e. The zero-order chi connectivity index (χ0) is 8.74. The molecule has 2 bridgehead atoms. The number of fused-ring (bicyclic) bond motifs is 8. The lowest BCUT2D eigenvalue weighted by molar-refractivity contribution is -0.121. The average Bonchev–Trinajstić information content (AvgIpc) is 2.58. The number of rotatable bonds is 0.